The van der Waals surface area contributed by atoms with Gasteiger partial charge in [0.25, 0.3) is 0 Å². The number of amides is 2. The molecular formula is C16H13N3O4. The zero-order valence-corrected chi connectivity index (χ0v) is 11.9. The highest BCUT2D eigenvalue weighted by atomic mass is 16.4. The average molecular weight is 311 g/mol. The van der Waals surface area contributed by atoms with Gasteiger partial charge in [0.2, 0.25) is 0 Å². The molecule has 0 radical (unpaired) electrons. The first kappa shape index (κ1) is 15.9. The van der Waals surface area contributed by atoms with Crippen molar-refractivity contribution in [3.05, 3.63) is 65.7 Å². The molecule has 2 aromatic rings. The van der Waals surface area contributed by atoms with Crippen LogP contribution < -0.4 is 10.7 Å². The lowest BCUT2D eigenvalue weighted by atomic mass is 10.1. The Morgan fingerprint density at radius 1 is 0.913 bits per heavy atom. The lowest BCUT2D eigenvalue weighted by molar-refractivity contribution is -0.136. The summed E-state index contributed by atoms with van der Waals surface area (Å²) in [6.07, 6.45) is 1.30. The molecule has 0 atom stereocenters. The minimum atomic E-state index is -1.03. The van der Waals surface area contributed by atoms with E-state index in [2.05, 4.69) is 15.8 Å². The summed E-state index contributed by atoms with van der Waals surface area (Å²) in [6.45, 7) is 0. The smallest absolute Gasteiger partial charge is 0.335 e. The zero-order valence-electron chi connectivity index (χ0n) is 11.9. The van der Waals surface area contributed by atoms with Crippen LogP contribution in [0.25, 0.3) is 0 Å². The van der Waals surface area contributed by atoms with Gasteiger partial charge >= 0.3 is 17.8 Å². The Morgan fingerprint density at radius 2 is 1.57 bits per heavy atom. The second-order valence-corrected chi connectivity index (χ2v) is 4.45. The van der Waals surface area contributed by atoms with Gasteiger partial charge in [-0.1, -0.05) is 30.3 Å². The van der Waals surface area contributed by atoms with Crippen LogP contribution in [0.15, 0.2) is 59.7 Å². The van der Waals surface area contributed by atoms with E-state index in [1.54, 1.807) is 30.3 Å². The number of hydrogen-bond donors (Lipinski definition) is 3. The molecule has 0 bridgehead atoms. The summed E-state index contributed by atoms with van der Waals surface area (Å²) in [4.78, 5) is 33.9. The summed E-state index contributed by atoms with van der Waals surface area (Å²) < 4.78 is 0. The molecule has 0 aromatic heterocycles. The quantitative estimate of drug-likeness (QED) is 0.451. The molecule has 0 aliphatic rings. The number of anilines is 1. The first-order valence-electron chi connectivity index (χ1n) is 6.59. The molecule has 0 aliphatic carbocycles. The number of nitrogens with one attached hydrogen (secondary N) is 2. The number of hydrazone groups is 1. The predicted octanol–water partition coefficient (Wildman–Crippen LogP) is 1.47. The molecule has 0 saturated carbocycles. The fourth-order valence-electron chi connectivity index (χ4n) is 1.64. The van der Waals surface area contributed by atoms with Crippen molar-refractivity contribution >= 4 is 29.7 Å². The lowest BCUT2D eigenvalue weighted by Crippen LogP contribution is -2.32. The summed E-state index contributed by atoms with van der Waals surface area (Å²) in [7, 11) is 0. The van der Waals surface area contributed by atoms with Gasteiger partial charge in [0.1, 0.15) is 0 Å². The summed E-state index contributed by atoms with van der Waals surface area (Å²) >= 11 is 0. The summed E-state index contributed by atoms with van der Waals surface area (Å²) in [5.41, 5.74) is 3.32. The number of rotatable bonds is 4. The maximum absolute atomic E-state index is 11.6. The average Bonchev–Trinajstić information content (AvgIpc) is 2.56. The molecule has 3 N–H and O–H groups in total. The predicted molar refractivity (Wildman–Crippen MR) is 84.2 cm³/mol. The molecule has 0 saturated heterocycles. The van der Waals surface area contributed by atoms with E-state index in [-0.39, 0.29) is 5.56 Å². The van der Waals surface area contributed by atoms with Crippen molar-refractivity contribution in [3.63, 3.8) is 0 Å². The van der Waals surface area contributed by atoms with Crippen LogP contribution in [0, 0.1) is 0 Å². The van der Waals surface area contributed by atoms with Gasteiger partial charge in [-0.05, 0) is 29.8 Å². The van der Waals surface area contributed by atoms with Gasteiger partial charge in [0.05, 0.1) is 11.8 Å². The van der Waals surface area contributed by atoms with E-state index in [1.165, 1.54) is 30.5 Å². The zero-order chi connectivity index (χ0) is 16.7. The Balaban J connectivity index is 1.88. The van der Waals surface area contributed by atoms with Crippen molar-refractivity contribution in [2.75, 3.05) is 5.32 Å². The van der Waals surface area contributed by atoms with Crippen LogP contribution in [-0.4, -0.2) is 29.1 Å². The number of benzene rings is 2. The highest BCUT2D eigenvalue weighted by Gasteiger charge is 2.12. The topological polar surface area (TPSA) is 108 Å². The molecule has 0 fully saturated rings. The van der Waals surface area contributed by atoms with Crippen LogP contribution >= 0.6 is 0 Å². The van der Waals surface area contributed by atoms with Crippen LogP contribution in [0.1, 0.15) is 15.9 Å². The number of carboxylic acids is 1. The number of carbonyl (C=O) groups excluding carboxylic acids is 2. The molecule has 7 nitrogen and oxygen atoms in total. The van der Waals surface area contributed by atoms with E-state index < -0.39 is 17.8 Å². The monoisotopic (exact) mass is 311 g/mol. The molecule has 7 heteroatoms. The minimum absolute atomic E-state index is 0.147. The van der Waals surface area contributed by atoms with Crippen LogP contribution in [-0.2, 0) is 9.59 Å². The van der Waals surface area contributed by atoms with E-state index in [9.17, 15) is 14.4 Å². The molecule has 23 heavy (non-hydrogen) atoms. The molecule has 2 aromatic carbocycles. The van der Waals surface area contributed by atoms with Gasteiger partial charge in [-0.15, -0.1) is 0 Å². The SMILES string of the molecule is O=C(NN=Cc1ccc(C(=O)O)cc1)C(=O)Nc1ccccc1. The van der Waals surface area contributed by atoms with Crippen LogP contribution in [0.4, 0.5) is 5.69 Å². The third-order valence-electron chi connectivity index (χ3n) is 2.78. The number of nitrogens with zero attached hydrogens (tertiary/aromatic N) is 1. The van der Waals surface area contributed by atoms with Crippen LogP contribution in [0.5, 0.6) is 0 Å². The highest BCUT2D eigenvalue weighted by molar-refractivity contribution is 6.39. The normalized spacial score (nSPS) is 10.3. The maximum Gasteiger partial charge on any atom is 0.335 e. The molecule has 2 amide bonds. The first-order chi connectivity index (χ1) is 11.1. The maximum atomic E-state index is 11.6. The second kappa shape index (κ2) is 7.51. The van der Waals surface area contributed by atoms with E-state index in [1.807, 2.05) is 0 Å². The van der Waals surface area contributed by atoms with Crippen LogP contribution in [0.2, 0.25) is 0 Å². The van der Waals surface area contributed by atoms with Gasteiger partial charge in [0, 0.05) is 5.69 Å². The van der Waals surface area contributed by atoms with E-state index in [0.717, 1.165) is 0 Å². The lowest BCUT2D eigenvalue weighted by Gasteiger charge is -2.03. The Hall–Kier alpha value is -3.48. The highest BCUT2D eigenvalue weighted by Crippen LogP contribution is 2.04. The third kappa shape index (κ3) is 4.78. The number of carbonyl (C=O) groups is 3. The molecular weight excluding hydrogens is 298 g/mol. The second-order valence-electron chi connectivity index (χ2n) is 4.45. The van der Waals surface area contributed by atoms with Crippen molar-refractivity contribution in [1.82, 2.24) is 5.43 Å². The van der Waals surface area contributed by atoms with Crippen molar-refractivity contribution in [2.24, 2.45) is 5.10 Å². The number of carboxylic acid groups (broad SMARTS) is 1. The molecule has 0 unspecified atom stereocenters. The summed E-state index contributed by atoms with van der Waals surface area (Å²) in [6, 6.07) is 14.4. The molecule has 0 aliphatic heterocycles. The fourth-order valence-corrected chi connectivity index (χ4v) is 1.64. The van der Waals surface area contributed by atoms with E-state index >= 15 is 0 Å². The molecule has 0 spiro atoms. The van der Waals surface area contributed by atoms with Crippen molar-refractivity contribution in [3.8, 4) is 0 Å². The van der Waals surface area contributed by atoms with Crippen molar-refractivity contribution in [1.29, 1.82) is 0 Å². The van der Waals surface area contributed by atoms with Gasteiger partial charge in [-0.25, -0.2) is 10.2 Å². The van der Waals surface area contributed by atoms with Crippen molar-refractivity contribution < 1.29 is 19.5 Å². The molecule has 2 rings (SSSR count). The first-order valence-corrected chi connectivity index (χ1v) is 6.59. The molecule has 116 valence electrons. The van der Waals surface area contributed by atoms with Gasteiger partial charge in [0.15, 0.2) is 0 Å². The number of hydrogen-bond acceptors (Lipinski definition) is 4. The third-order valence-corrected chi connectivity index (χ3v) is 2.78. The minimum Gasteiger partial charge on any atom is -0.478 e. The van der Waals surface area contributed by atoms with Gasteiger partial charge in [-0.3, -0.25) is 9.59 Å². The summed E-state index contributed by atoms with van der Waals surface area (Å²) in [5.74, 6) is -2.78. The number of aromatic carboxylic acids is 1. The summed E-state index contributed by atoms with van der Waals surface area (Å²) in [5, 5.41) is 14.8. The standard InChI is InChI=1S/C16H13N3O4/c20-14(18-13-4-2-1-3-5-13)15(21)19-17-10-11-6-8-12(9-7-11)16(22)23/h1-10H,(H,18,20)(H,19,21)(H,22,23). The fraction of sp³-hybridized carbons (Fsp3) is 0. The largest absolute Gasteiger partial charge is 0.478 e. The Morgan fingerprint density at radius 3 is 2.17 bits per heavy atom. The van der Waals surface area contributed by atoms with Crippen molar-refractivity contribution in [2.45, 2.75) is 0 Å². The van der Waals surface area contributed by atoms with Gasteiger partial charge < -0.3 is 10.4 Å². The Bertz CT molecular complexity index is 740. The number of para-hydroxylation sites is 1. The Kier molecular flexibility index (Phi) is 5.19. The van der Waals surface area contributed by atoms with Crippen LogP contribution in [0.3, 0.4) is 0 Å². The molecule has 0 heterocycles. The van der Waals surface area contributed by atoms with E-state index in [0.29, 0.717) is 11.3 Å². The Labute approximate surface area is 131 Å². The van der Waals surface area contributed by atoms with E-state index in [4.69, 9.17) is 5.11 Å². The van der Waals surface area contributed by atoms with Gasteiger partial charge in [-0.2, -0.15) is 5.10 Å².